The van der Waals surface area contributed by atoms with Gasteiger partial charge >= 0.3 is 0 Å². The zero-order valence-corrected chi connectivity index (χ0v) is 15.8. The van der Waals surface area contributed by atoms with E-state index in [9.17, 15) is 4.79 Å². The molecule has 0 bridgehead atoms. The number of nitrogens with zero attached hydrogens (tertiary/aromatic N) is 5. The number of anilines is 1. The summed E-state index contributed by atoms with van der Waals surface area (Å²) in [5.41, 5.74) is 2.81. The van der Waals surface area contributed by atoms with Crippen molar-refractivity contribution in [2.45, 2.75) is 32.2 Å². The number of carbonyl (C=O) groups is 1. The topological polar surface area (TPSA) is 74.3 Å². The van der Waals surface area contributed by atoms with Gasteiger partial charge in [-0.15, -0.1) is 0 Å². The molecule has 7 heteroatoms. The zero-order chi connectivity index (χ0) is 18.3. The van der Waals surface area contributed by atoms with Gasteiger partial charge in [0, 0.05) is 24.0 Å². The van der Waals surface area contributed by atoms with E-state index in [0.717, 1.165) is 34.9 Å². The summed E-state index contributed by atoms with van der Waals surface area (Å²) < 4.78 is 2.64. The summed E-state index contributed by atoms with van der Waals surface area (Å²) in [6.45, 7) is 1.92. The highest BCUT2D eigenvalue weighted by Crippen LogP contribution is 2.31. The maximum absolute atomic E-state index is 13.3. The number of rotatable bonds is 3. The number of amides is 1. The number of halogens is 1. The van der Waals surface area contributed by atoms with Gasteiger partial charge in [-0.2, -0.15) is 10.4 Å². The largest absolute Gasteiger partial charge is 0.290 e. The Labute approximate surface area is 159 Å². The fourth-order valence-electron chi connectivity index (χ4n) is 3.10. The highest BCUT2D eigenvalue weighted by Gasteiger charge is 2.31. The van der Waals surface area contributed by atoms with Crippen LogP contribution in [0.25, 0.3) is 5.52 Å². The van der Waals surface area contributed by atoms with Crippen LogP contribution in [0.15, 0.2) is 41.1 Å². The van der Waals surface area contributed by atoms with Crippen molar-refractivity contribution < 1.29 is 4.79 Å². The summed E-state index contributed by atoms with van der Waals surface area (Å²) in [5, 5.41) is 13.4. The Hall–Kier alpha value is -2.72. The number of aromatic nitrogens is 3. The van der Waals surface area contributed by atoms with Crippen LogP contribution < -0.4 is 4.90 Å². The smallest absolute Gasteiger partial charge is 0.259 e. The Morgan fingerprint density at radius 1 is 1.38 bits per heavy atom. The van der Waals surface area contributed by atoms with Crippen LogP contribution in [-0.2, 0) is 0 Å². The van der Waals surface area contributed by atoms with Crippen LogP contribution in [0.3, 0.4) is 0 Å². The molecule has 0 atom stereocenters. The van der Waals surface area contributed by atoms with Gasteiger partial charge in [-0.05, 0) is 66.4 Å². The lowest BCUT2D eigenvalue weighted by Gasteiger charge is -2.36. The minimum absolute atomic E-state index is 0.0832. The molecule has 1 aliphatic rings. The van der Waals surface area contributed by atoms with E-state index in [4.69, 9.17) is 5.26 Å². The Kier molecular flexibility index (Phi) is 4.21. The number of nitriles is 1. The van der Waals surface area contributed by atoms with Crippen LogP contribution in [0.2, 0.25) is 0 Å². The summed E-state index contributed by atoms with van der Waals surface area (Å²) in [4.78, 5) is 19.4. The second-order valence-corrected chi connectivity index (χ2v) is 7.21. The molecule has 3 aromatic heterocycles. The first-order chi connectivity index (χ1) is 12.6. The van der Waals surface area contributed by atoms with Crippen LogP contribution in [0, 0.1) is 18.3 Å². The molecule has 0 unspecified atom stereocenters. The number of hydrogen-bond acceptors (Lipinski definition) is 4. The van der Waals surface area contributed by atoms with E-state index >= 15 is 0 Å². The molecule has 6 nitrogen and oxygen atoms in total. The fraction of sp³-hybridized carbons (Fsp3) is 0.263. The molecule has 130 valence electrons. The molecular weight excluding hydrogens is 394 g/mol. The van der Waals surface area contributed by atoms with Crippen molar-refractivity contribution in [3.05, 3.63) is 58.0 Å². The highest BCUT2D eigenvalue weighted by atomic mass is 79.9. The van der Waals surface area contributed by atoms with E-state index < -0.39 is 0 Å². The first-order valence-electron chi connectivity index (χ1n) is 8.42. The van der Waals surface area contributed by atoms with Crippen molar-refractivity contribution >= 4 is 33.2 Å². The molecule has 0 saturated heterocycles. The van der Waals surface area contributed by atoms with E-state index in [1.54, 1.807) is 33.8 Å². The maximum Gasteiger partial charge on any atom is 0.259 e. The van der Waals surface area contributed by atoms with Gasteiger partial charge in [0.25, 0.3) is 5.91 Å². The molecule has 0 N–H and O–H groups in total. The summed E-state index contributed by atoms with van der Waals surface area (Å²) in [6.07, 6.45) is 6.34. The predicted molar refractivity (Wildman–Crippen MR) is 101 cm³/mol. The molecule has 0 aliphatic heterocycles. The average Bonchev–Trinajstić information content (AvgIpc) is 2.91. The van der Waals surface area contributed by atoms with Gasteiger partial charge in [0.15, 0.2) is 0 Å². The van der Waals surface area contributed by atoms with Crippen molar-refractivity contribution in [3.8, 4) is 6.07 Å². The molecule has 0 aromatic carbocycles. The molecule has 1 saturated carbocycles. The molecule has 0 spiro atoms. The van der Waals surface area contributed by atoms with E-state index in [1.807, 2.05) is 13.0 Å². The quantitative estimate of drug-likeness (QED) is 0.657. The van der Waals surface area contributed by atoms with Gasteiger partial charge in [0.05, 0.1) is 21.2 Å². The maximum atomic E-state index is 13.3. The first-order valence-corrected chi connectivity index (χ1v) is 9.22. The molecule has 26 heavy (non-hydrogen) atoms. The van der Waals surface area contributed by atoms with Gasteiger partial charge < -0.3 is 0 Å². The van der Waals surface area contributed by atoms with E-state index in [-0.39, 0.29) is 11.9 Å². The van der Waals surface area contributed by atoms with E-state index in [0.29, 0.717) is 16.9 Å². The summed E-state index contributed by atoms with van der Waals surface area (Å²) in [7, 11) is 0. The monoisotopic (exact) mass is 409 g/mol. The number of fused-ring (bicyclic) bond motifs is 1. The minimum Gasteiger partial charge on any atom is -0.290 e. The first kappa shape index (κ1) is 16.7. The van der Waals surface area contributed by atoms with Gasteiger partial charge in [0.1, 0.15) is 11.9 Å². The van der Waals surface area contributed by atoms with Crippen LogP contribution in [-0.4, -0.2) is 26.5 Å². The molecule has 1 fully saturated rings. The van der Waals surface area contributed by atoms with Crippen LogP contribution in [0.4, 0.5) is 5.82 Å². The third-order valence-corrected chi connectivity index (χ3v) is 5.74. The lowest BCUT2D eigenvalue weighted by Crippen LogP contribution is -2.45. The Morgan fingerprint density at radius 3 is 2.81 bits per heavy atom. The van der Waals surface area contributed by atoms with Crippen molar-refractivity contribution in [1.82, 2.24) is 14.6 Å². The lowest BCUT2D eigenvalue weighted by atomic mass is 9.91. The highest BCUT2D eigenvalue weighted by molar-refractivity contribution is 9.10. The lowest BCUT2D eigenvalue weighted by molar-refractivity contribution is 0.0963. The van der Waals surface area contributed by atoms with Crippen LogP contribution in [0.5, 0.6) is 0 Å². The molecule has 0 radical (unpaired) electrons. The molecule has 3 heterocycles. The third kappa shape index (κ3) is 2.76. The van der Waals surface area contributed by atoms with Gasteiger partial charge in [-0.1, -0.05) is 0 Å². The Balaban J connectivity index is 1.74. The number of pyridine rings is 2. The standard InChI is InChI=1S/C19H16BrN5O/c1-12-18(20)16-9-14(7-8-24(16)23-12)19(26)25(15-3-2-4-15)17-6-5-13(10-21)11-22-17/h5-9,11,15H,2-4H2,1H3. The van der Waals surface area contributed by atoms with Crippen LogP contribution >= 0.6 is 15.9 Å². The summed E-state index contributed by atoms with van der Waals surface area (Å²) >= 11 is 3.53. The summed E-state index contributed by atoms with van der Waals surface area (Å²) in [6, 6.07) is 9.27. The third-order valence-electron chi connectivity index (χ3n) is 4.76. The second kappa shape index (κ2) is 6.54. The predicted octanol–water partition coefficient (Wildman–Crippen LogP) is 3.87. The molecular formula is C19H16BrN5O. The number of carbonyl (C=O) groups excluding carboxylic acids is 1. The SMILES string of the molecule is Cc1nn2ccc(C(=O)N(c3ccc(C#N)cn3)C3CCC3)cc2c1Br. The van der Waals surface area contributed by atoms with E-state index in [1.165, 1.54) is 6.20 Å². The van der Waals surface area contributed by atoms with Crippen molar-refractivity contribution in [1.29, 1.82) is 5.26 Å². The molecule has 1 aliphatic carbocycles. The van der Waals surface area contributed by atoms with Gasteiger partial charge in [-0.25, -0.2) is 9.50 Å². The minimum atomic E-state index is -0.0832. The van der Waals surface area contributed by atoms with Gasteiger partial charge in [-0.3, -0.25) is 9.69 Å². The Morgan fingerprint density at radius 2 is 2.19 bits per heavy atom. The van der Waals surface area contributed by atoms with Crippen LogP contribution in [0.1, 0.15) is 40.9 Å². The normalized spacial score (nSPS) is 14.0. The molecule has 1 amide bonds. The van der Waals surface area contributed by atoms with Crippen molar-refractivity contribution in [2.24, 2.45) is 0 Å². The fourth-order valence-corrected chi connectivity index (χ4v) is 3.48. The second-order valence-electron chi connectivity index (χ2n) is 6.42. The van der Waals surface area contributed by atoms with Crippen molar-refractivity contribution in [2.75, 3.05) is 4.90 Å². The molecule has 3 aromatic rings. The van der Waals surface area contributed by atoms with E-state index in [2.05, 4.69) is 32.1 Å². The Bertz CT molecular complexity index is 1030. The van der Waals surface area contributed by atoms with Crippen molar-refractivity contribution in [3.63, 3.8) is 0 Å². The molecule has 4 rings (SSSR count). The number of hydrogen-bond donors (Lipinski definition) is 0. The van der Waals surface area contributed by atoms with Gasteiger partial charge in [0.2, 0.25) is 0 Å². The average molecular weight is 410 g/mol. The zero-order valence-electron chi connectivity index (χ0n) is 14.2. The number of aryl methyl sites for hydroxylation is 1. The summed E-state index contributed by atoms with van der Waals surface area (Å²) in [5.74, 6) is 0.502.